The highest BCUT2D eigenvalue weighted by molar-refractivity contribution is 7.31. The van der Waals surface area contributed by atoms with Crippen molar-refractivity contribution in [2.75, 3.05) is 13.2 Å². The van der Waals surface area contributed by atoms with Crippen molar-refractivity contribution in [1.29, 1.82) is 0 Å². The molecule has 0 atom stereocenters. The molecular weight excluding hydrogens is 212 g/mol. The van der Waals surface area contributed by atoms with E-state index < -0.39 is 16.5 Å². The van der Waals surface area contributed by atoms with Crippen LogP contribution >= 0.6 is 16.5 Å². The van der Waals surface area contributed by atoms with Gasteiger partial charge in [-0.25, -0.2) is 0 Å². The Bertz CT molecular complexity index is 96.0. The van der Waals surface area contributed by atoms with Crippen LogP contribution in [0, 0.1) is 0 Å². The Morgan fingerprint density at radius 3 is 1.08 bits per heavy atom. The maximum atomic E-state index is 8.74. The van der Waals surface area contributed by atoms with Gasteiger partial charge in [0, 0.05) is 6.54 Å². The quantitative estimate of drug-likeness (QED) is 0.270. The minimum absolute atomic E-state index is 0.0972. The summed E-state index contributed by atoms with van der Waals surface area (Å²) in [6.07, 6.45) is 0. The van der Waals surface area contributed by atoms with Crippen molar-refractivity contribution in [1.82, 2.24) is 0 Å². The normalized spacial score (nSPS) is 8.33. The van der Waals surface area contributed by atoms with E-state index in [0.717, 1.165) is 0 Å². The standard InChI is InChI=1S/C2H7NO.2H3O3P/c3-1-2-4;2*1-4(2)3/h4H,1-3H2;2*4H,(H2,1,2,3). The number of nitrogens with two attached hydrogens (primary N) is 1. The van der Waals surface area contributed by atoms with Crippen LogP contribution in [-0.2, 0) is 9.13 Å². The lowest BCUT2D eigenvalue weighted by Crippen LogP contribution is -2.02. The summed E-state index contributed by atoms with van der Waals surface area (Å²) in [5.74, 6) is 0. The summed E-state index contributed by atoms with van der Waals surface area (Å²) in [6.45, 7) is 0.472. The summed E-state index contributed by atoms with van der Waals surface area (Å²) < 4.78 is 17.5. The number of hydrogen-bond acceptors (Lipinski definition) is 4. The molecule has 0 aliphatic heterocycles. The predicted molar refractivity (Wildman–Crippen MR) is 43.0 cm³/mol. The number of aliphatic hydroxyl groups excluding tert-OH is 1. The van der Waals surface area contributed by atoms with Gasteiger partial charge in [0.15, 0.2) is 0 Å². The summed E-state index contributed by atoms with van der Waals surface area (Å²) in [5.41, 5.74) is 4.78. The van der Waals surface area contributed by atoms with Gasteiger partial charge in [0.2, 0.25) is 0 Å². The van der Waals surface area contributed by atoms with Gasteiger partial charge in [0.1, 0.15) is 0 Å². The zero-order chi connectivity index (χ0) is 10.6. The third-order valence-corrected chi connectivity index (χ3v) is 0.129. The number of hydrogen-bond donors (Lipinski definition) is 6. The first-order valence-corrected chi connectivity index (χ1v) is 5.13. The highest BCUT2D eigenvalue weighted by Gasteiger charge is 1.62. The van der Waals surface area contributed by atoms with Crippen LogP contribution in [0.25, 0.3) is 0 Å². The Labute approximate surface area is 70.2 Å². The molecule has 8 nitrogen and oxygen atoms in total. The van der Waals surface area contributed by atoms with E-state index in [0.29, 0.717) is 6.54 Å². The summed E-state index contributed by atoms with van der Waals surface area (Å²) >= 11 is 0. The largest absolute Gasteiger partial charge is 0.395 e. The number of rotatable bonds is 1. The molecule has 78 valence electrons. The van der Waals surface area contributed by atoms with Gasteiger partial charge < -0.3 is 30.4 Å². The molecule has 0 amide bonds. The summed E-state index contributed by atoms with van der Waals surface area (Å²) in [4.78, 5) is 28.6. The van der Waals surface area contributed by atoms with Gasteiger partial charge in [0.05, 0.1) is 6.61 Å². The van der Waals surface area contributed by atoms with Crippen molar-refractivity contribution in [3.05, 3.63) is 0 Å². The second-order valence-electron chi connectivity index (χ2n) is 1.08. The zero-order valence-corrected chi connectivity index (χ0v) is 8.04. The third-order valence-electron chi connectivity index (χ3n) is 0.129. The molecule has 0 radical (unpaired) electrons. The van der Waals surface area contributed by atoms with Crippen LogP contribution in [0.15, 0.2) is 0 Å². The first-order chi connectivity index (χ1) is 5.38. The third kappa shape index (κ3) is 584. The molecule has 0 aromatic carbocycles. The monoisotopic (exact) mass is 225 g/mol. The first kappa shape index (κ1) is 18.1. The smallest absolute Gasteiger partial charge is 0.314 e. The molecule has 0 aliphatic carbocycles. The van der Waals surface area contributed by atoms with E-state index in [-0.39, 0.29) is 6.61 Å². The van der Waals surface area contributed by atoms with Crippen LogP contribution in [0.2, 0.25) is 0 Å². The average molecular weight is 225 g/mol. The second kappa shape index (κ2) is 17.3. The Balaban J connectivity index is -0.000000101. The SMILES string of the molecule is NCCO.O=[PH](O)O.O=[PH](O)O. The lowest BCUT2D eigenvalue weighted by molar-refractivity contribution is 0.306. The lowest BCUT2D eigenvalue weighted by atomic mass is 10.8. The summed E-state index contributed by atoms with van der Waals surface area (Å²) in [5, 5.41) is 7.75. The highest BCUT2D eigenvalue weighted by atomic mass is 31.1. The van der Waals surface area contributed by atoms with E-state index in [1.165, 1.54) is 0 Å². The Kier molecular flexibility index (Phi) is 26.2. The summed E-state index contributed by atoms with van der Waals surface area (Å²) in [7, 11) is -6.26. The van der Waals surface area contributed by atoms with Gasteiger partial charge in [-0.15, -0.1) is 0 Å². The van der Waals surface area contributed by atoms with Gasteiger partial charge in [-0.2, -0.15) is 0 Å². The van der Waals surface area contributed by atoms with Gasteiger partial charge in [-0.1, -0.05) is 0 Å². The molecular formula is C2H13NO7P2. The molecule has 0 rings (SSSR count). The van der Waals surface area contributed by atoms with Gasteiger partial charge in [0.25, 0.3) is 0 Å². The fraction of sp³-hybridized carbons (Fsp3) is 1.00. The fourth-order valence-electron chi connectivity index (χ4n) is 0. The van der Waals surface area contributed by atoms with Crippen molar-refractivity contribution >= 4 is 16.5 Å². The fourth-order valence-corrected chi connectivity index (χ4v) is 0. The molecule has 0 aromatic heterocycles. The van der Waals surface area contributed by atoms with E-state index in [2.05, 4.69) is 0 Å². The van der Waals surface area contributed by atoms with E-state index in [9.17, 15) is 0 Å². The van der Waals surface area contributed by atoms with Crippen LogP contribution in [0.3, 0.4) is 0 Å². The maximum Gasteiger partial charge on any atom is 0.314 e. The molecule has 0 fully saturated rings. The van der Waals surface area contributed by atoms with Crippen molar-refractivity contribution < 1.29 is 33.8 Å². The molecule has 10 heteroatoms. The zero-order valence-electron chi connectivity index (χ0n) is 6.04. The van der Waals surface area contributed by atoms with E-state index >= 15 is 0 Å². The maximum absolute atomic E-state index is 8.74. The van der Waals surface area contributed by atoms with Crippen LogP contribution < -0.4 is 5.73 Å². The van der Waals surface area contributed by atoms with E-state index in [1.54, 1.807) is 0 Å². The molecule has 0 saturated carbocycles. The topological polar surface area (TPSA) is 161 Å². The van der Waals surface area contributed by atoms with Crippen molar-refractivity contribution in [2.24, 2.45) is 5.73 Å². The van der Waals surface area contributed by atoms with Crippen molar-refractivity contribution in [2.45, 2.75) is 0 Å². The van der Waals surface area contributed by atoms with Crippen molar-refractivity contribution in [3.8, 4) is 0 Å². The molecule has 0 heterocycles. The van der Waals surface area contributed by atoms with Crippen molar-refractivity contribution in [3.63, 3.8) is 0 Å². The average Bonchev–Trinajstić information content (AvgIpc) is 1.85. The highest BCUT2D eigenvalue weighted by Crippen LogP contribution is 1.98. The minimum atomic E-state index is -3.13. The predicted octanol–water partition coefficient (Wildman–Crippen LogP) is -2.34. The van der Waals surface area contributed by atoms with E-state index in [1.807, 2.05) is 0 Å². The molecule has 7 N–H and O–H groups in total. The second-order valence-corrected chi connectivity index (χ2v) is 2.21. The Morgan fingerprint density at radius 2 is 1.08 bits per heavy atom. The molecule has 0 saturated heterocycles. The lowest BCUT2D eigenvalue weighted by Gasteiger charge is -1.71. The van der Waals surface area contributed by atoms with Crippen LogP contribution in [0.1, 0.15) is 0 Å². The first-order valence-electron chi connectivity index (χ1n) is 2.53. The molecule has 0 bridgehead atoms. The van der Waals surface area contributed by atoms with E-state index in [4.69, 9.17) is 39.5 Å². The summed E-state index contributed by atoms with van der Waals surface area (Å²) in [6, 6.07) is 0. The molecule has 0 aliphatic rings. The molecule has 12 heavy (non-hydrogen) atoms. The number of aliphatic hydroxyl groups is 1. The van der Waals surface area contributed by atoms with Gasteiger partial charge in [-0.05, 0) is 0 Å². The van der Waals surface area contributed by atoms with Gasteiger partial charge >= 0.3 is 16.5 Å². The molecule has 0 aromatic rings. The minimum Gasteiger partial charge on any atom is -0.395 e. The molecule has 0 unspecified atom stereocenters. The van der Waals surface area contributed by atoms with Crippen LogP contribution in [0.5, 0.6) is 0 Å². The van der Waals surface area contributed by atoms with Crippen LogP contribution in [-0.4, -0.2) is 37.8 Å². The van der Waals surface area contributed by atoms with Crippen LogP contribution in [0.4, 0.5) is 0 Å². The van der Waals surface area contributed by atoms with Gasteiger partial charge in [-0.3, -0.25) is 9.13 Å². The molecule has 0 spiro atoms. The Morgan fingerprint density at radius 1 is 1.00 bits per heavy atom. The Hall–Kier alpha value is 0.220.